The predicted molar refractivity (Wildman–Crippen MR) is 92.6 cm³/mol. The fraction of sp³-hybridized carbons (Fsp3) is 0.222. The van der Waals surface area contributed by atoms with Crippen LogP contribution in [-0.4, -0.2) is 15.6 Å². The summed E-state index contributed by atoms with van der Waals surface area (Å²) in [6.07, 6.45) is 0.453. The maximum absolute atomic E-state index is 13.0. The molecule has 3 rings (SSSR count). The van der Waals surface area contributed by atoms with Crippen molar-refractivity contribution in [2.75, 3.05) is 0 Å². The van der Waals surface area contributed by atoms with E-state index in [0.717, 1.165) is 16.0 Å². The summed E-state index contributed by atoms with van der Waals surface area (Å²) in [5.74, 6) is -1.45. The minimum atomic E-state index is -1.13. The number of aryl methyl sites for hydroxylation is 3. The third-order valence-electron chi connectivity index (χ3n) is 4.19. The van der Waals surface area contributed by atoms with Crippen molar-refractivity contribution in [3.05, 3.63) is 68.2 Å². The number of nitrogens with zero attached hydrogens (tertiary/aromatic N) is 1. The zero-order valence-electron chi connectivity index (χ0n) is 13.3. The van der Waals surface area contributed by atoms with Gasteiger partial charge in [-0.1, -0.05) is 12.1 Å². The summed E-state index contributed by atoms with van der Waals surface area (Å²) in [4.78, 5) is 25.4. The highest BCUT2D eigenvalue weighted by Gasteiger charge is 2.18. The molecule has 0 fully saturated rings. The number of hydrogen-bond acceptors (Lipinski definition) is 3. The van der Waals surface area contributed by atoms with Crippen LogP contribution in [0.2, 0.25) is 0 Å². The molecule has 0 aliphatic rings. The Morgan fingerprint density at radius 3 is 2.54 bits per heavy atom. The van der Waals surface area contributed by atoms with Gasteiger partial charge in [0, 0.05) is 16.1 Å². The Balaban J connectivity index is 2.07. The van der Waals surface area contributed by atoms with Gasteiger partial charge in [-0.3, -0.25) is 4.79 Å². The van der Waals surface area contributed by atoms with Crippen LogP contribution in [0, 0.1) is 19.7 Å². The van der Waals surface area contributed by atoms with Gasteiger partial charge < -0.3 is 9.67 Å². The highest BCUT2D eigenvalue weighted by molar-refractivity contribution is 7.19. The minimum Gasteiger partial charge on any atom is -0.477 e. The quantitative estimate of drug-likeness (QED) is 0.783. The molecular formula is C18H16FNO3S. The predicted octanol–water partition coefficient (Wildman–Crippen LogP) is 3.76. The van der Waals surface area contributed by atoms with E-state index >= 15 is 0 Å². The molecule has 0 unspecified atom stereocenters. The molecule has 0 aliphatic carbocycles. The molecule has 2 aromatic heterocycles. The van der Waals surface area contributed by atoms with Crippen LogP contribution in [-0.2, 0) is 13.0 Å². The molecule has 6 heteroatoms. The van der Waals surface area contributed by atoms with E-state index < -0.39 is 5.97 Å². The lowest BCUT2D eigenvalue weighted by Gasteiger charge is -2.11. The molecule has 4 nitrogen and oxygen atoms in total. The fourth-order valence-corrected chi connectivity index (χ4v) is 3.86. The second kappa shape index (κ2) is 6.20. The van der Waals surface area contributed by atoms with Crippen LogP contribution in [0.4, 0.5) is 4.39 Å². The number of halogens is 1. The van der Waals surface area contributed by atoms with Crippen molar-refractivity contribution in [2.45, 2.75) is 26.8 Å². The van der Waals surface area contributed by atoms with Crippen LogP contribution < -0.4 is 5.56 Å². The molecule has 24 heavy (non-hydrogen) atoms. The Bertz CT molecular complexity index is 986. The molecule has 3 aromatic rings. The monoisotopic (exact) mass is 345 g/mol. The summed E-state index contributed by atoms with van der Waals surface area (Å²) in [5, 5.41) is 10.0. The van der Waals surface area contributed by atoms with E-state index in [-0.39, 0.29) is 23.6 Å². The number of pyridine rings is 1. The molecule has 2 heterocycles. The van der Waals surface area contributed by atoms with Crippen LogP contribution in [0.25, 0.3) is 10.1 Å². The van der Waals surface area contributed by atoms with Crippen LogP contribution in [0.15, 0.2) is 35.1 Å². The number of carboxylic acids is 1. The van der Waals surface area contributed by atoms with Crippen LogP contribution in [0.5, 0.6) is 0 Å². The van der Waals surface area contributed by atoms with E-state index in [1.807, 2.05) is 13.8 Å². The zero-order valence-corrected chi connectivity index (χ0v) is 14.1. The number of hydrogen-bond donors (Lipinski definition) is 1. The van der Waals surface area contributed by atoms with Gasteiger partial charge in [-0.2, -0.15) is 0 Å². The van der Waals surface area contributed by atoms with Gasteiger partial charge in [0.25, 0.3) is 5.56 Å². The zero-order chi connectivity index (χ0) is 17.4. The van der Waals surface area contributed by atoms with Crippen molar-refractivity contribution in [1.82, 2.24) is 4.57 Å². The summed E-state index contributed by atoms with van der Waals surface area (Å²) in [5.41, 5.74) is 1.44. The Labute approximate surface area is 141 Å². The van der Waals surface area contributed by atoms with Gasteiger partial charge in [0.05, 0.1) is 5.39 Å². The summed E-state index contributed by atoms with van der Waals surface area (Å²) in [7, 11) is 0. The van der Waals surface area contributed by atoms with Crippen LogP contribution >= 0.6 is 11.3 Å². The first kappa shape index (κ1) is 16.4. The largest absolute Gasteiger partial charge is 0.477 e. The Kier molecular flexibility index (Phi) is 4.24. The lowest BCUT2D eigenvalue weighted by atomic mass is 10.1. The minimum absolute atomic E-state index is 0.0177. The van der Waals surface area contributed by atoms with Gasteiger partial charge in [0.2, 0.25) is 0 Å². The summed E-state index contributed by atoms with van der Waals surface area (Å²) in [6.45, 7) is 4.03. The van der Waals surface area contributed by atoms with Crippen molar-refractivity contribution in [1.29, 1.82) is 0 Å². The Morgan fingerprint density at radius 2 is 1.92 bits per heavy atom. The maximum atomic E-state index is 13.0. The van der Waals surface area contributed by atoms with E-state index in [1.165, 1.54) is 28.0 Å². The number of carbonyl (C=O) groups is 1. The molecule has 124 valence electrons. The normalized spacial score (nSPS) is 11.1. The number of aromatic nitrogens is 1. The number of rotatable bonds is 4. The molecule has 0 aliphatic heterocycles. The fourth-order valence-electron chi connectivity index (χ4n) is 2.76. The van der Waals surface area contributed by atoms with Crippen molar-refractivity contribution >= 4 is 27.4 Å². The lowest BCUT2D eigenvalue weighted by molar-refractivity contribution is 0.0683. The molecule has 1 N–H and O–H groups in total. The highest BCUT2D eigenvalue weighted by atomic mass is 32.1. The highest BCUT2D eigenvalue weighted by Crippen LogP contribution is 2.28. The van der Waals surface area contributed by atoms with Crippen molar-refractivity contribution < 1.29 is 14.3 Å². The summed E-state index contributed by atoms with van der Waals surface area (Å²) >= 11 is 1.43. The van der Waals surface area contributed by atoms with E-state index in [0.29, 0.717) is 16.5 Å². The average Bonchev–Trinajstić information content (AvgIpc) is 2.82. The second-order valence-electron chi connectivity index (χ2n) is 5.69. The van der Waals surface area contributed by atoms with Gasteiger partial charge in [0.15, 0.2) is 0 Å². The lowest BCUT2D eigenvalue weighted by Crippen LogP contribution is -2.27. The first-order chi connectivity index (χ1) is 11.4. The first-order valence-corrected chi connectivity index (χ1v) is 8.31. The summed E-state index contributed by atoms with van der Waals surface area (Å²) < 4.78 is 15.0. The van der Waals surface area contributed by atoms with Crippen LogP contribution in [0.3, 0.4) is 0 Å². The molecule has 0 spiro atoms. The molecule has 0 atom stereocenters. The van der Waals surface area contributed by atoms with E-state index in [4.69, 9.17) is 0 Å². The topological polar surface area (TPSA) is 59.3 Å². The van der Waals surface area contributed by atoms with Gasteiger partial charge >= 0.3 is 5.97 Å². The molecule has 0 amide bonds. The van der Waals surface area contributed by atoms with E-state index in [2.05, 4.69) is 0 Å². The number of fused-ring (bicyclic) bond motifs is 1. The number of aromatic carboxylic acids is 1. The summed E-state index contributed by atoms with van der Waals surface area (Å²) in [6, 6.07) is 7.55. The molecular weight excluding hydrogens is 329 g/mol. The van der Waals surface area contributed by atoms with Gasteiger partial charge in [0.1, 0.15) is 11.5 Å². The van der Waals surface area contributed by atoms with Crippen molar-refractivity contribution in [3.63, 3.8) is 0 Å². The van der Waals surface area contributed by atoms with E-state index in [9.17, 15) is 19.1 Å². The van der Waals surface area contributed by atoms with Gasteiger partial charge in [-0.15, -0.1) is 11.3 Å². The van der Waals surface area contributed by atoms with E-state index in [1.54, 1.807) is 18.2 Å². The molecule has 0 saturated carbocycles. The van der Waals surface area contributed by atoms with Gasteiger partial charge in [-0.05, 0) is 49.6 Å². The standard InChI is InChI=1S/C18H16FNO3S/c1-10-11(2)24-15-9-14(18(22)23)20(17(21)16(10)15)8-7-12-3-5-13(19)6-4-12/h3-6,9H,7-8H2,1-2H3,(H,22,23). The van der Waals surface area contributed by atoms with Crippen molar-refractivity contribution in [2.24, 2.45) is 0 Å². The van der Waals surface area contributed by atoms with Crippen LogP contribution in [0.1, 0.15) is 26.5 Å². The SMILES string of the molecule is Cc1sc2cc(C(=O)O)n(CCc3ccc(F)cc3)c(=O)c2c1C. The third kappa shape index (κ3) is 2.85. The number of carboxylic acid groups (broad SMARTS) is 1. The molecule has 0 radical (unpaired) electrons. The van der Waals surface area contributed by atoms with Crippen molar-refractivity contribution in [3.8, 4) is 0 Å². The molecule has 0 bridgehead atoms. The number of benzene rings is 1. The second-order valence-corrected chi connectivity index (χ2v) is 6.95. The Morgan fingerprint density at radius 1 is 1.25 bits per heavy atom. The third-order valence-corrected chi connectivity index (χ3v) is 5.34. The smallest absolute Gasteiger partial charge is 0.352 e. The molecule has 0 saturated heterocycles. The number of thiophene rings is 1. The van der Waals surface area contributed by atoms with Gasteiger partial charge in [-0.25, -0.2) is 9.18 Å². The average molecular weight is 345 g/mol. The maximum Gasteiger partial charge on any atom is 0.352 e. The molecule has 1 aromatic carbocycles. The first-order valence-electron chi connectivity index (χ1n) is 7.49. The Hall–Kier alpha value is -2.47.